The van der Waals surface area contributed by atoms with Gasteiger partial charge in [-0.05, 0) is 136 Å². The van der Waals surface area contributed by atoms with Gasteiger partial charge in [0.25, 0.3) is 11.8 Å². The average molecular weight is 1020 g/mol. The number of aromatic hydroxyl groups is 4. The van der Waals surface area contributed by atoms with E-state index in [0.717, 1.165) is 75.8 Å². The van der Waals surface area contributed by atoms with E-state index in [1.54, 1.807) is 12.1 Å². The van der Waals surface area contributed by atoms with Crippen LogP contribution in [0.3, 0.4) is 0 Å². The van der Waals surface area contributed by atoms with E-state index in [4.69, 9.17) is 0 Å². The second kappa shape index (κ2) is 20.3. The van der Waals surface area contributed by atoms with Gasteiger partial charge in [0.1, 0.15) is 11.5 Å². The molecule has 12 aromatic carbocycles. The minimum absolute atomic E-state index is 0.138. The summed E-state index contributed by atoms with van der Waals surface area (Å²) in [7, 11) is 0. The lowest BCUT2D eigenvalue weighted by molar-refractivity contribution is 0.0940. The van der Waals surface area contributed by atoms with Gasteiger partial charge in [-0.15, -0.1) is 0 Å². The molecule has 0 unspecified atom stereocenters. The summed E-state index contributed by atoms with van der Waals surface area (Å²) in [5, 5.41) is 67.1. The van der Waals surface area contributed by atoms with Crippen LogP contribution >= 0.6 is 0 Å². The zero-order valence-electron chi connectivity index (χ0n) is 42.7. The summed E-state index contributed by atoms with van der Waals surface area (Å²) in [6.07, 6.45) is 0.627. The molecular weight excluding hydrogens is 965 g/mol. The molecule has 0 aliphatic heterocycles. The number of phenolic OH excluding ortho intramolecular Hbond substituents is 4. The van der Waals surface area contributed by atoms with Crippen molar-refractivity contribution in [2.75, 3.05) is 0 Å². The van der Waals surface area contributed by atoms with Crippen LogP contribution in [0.4, 0.5) is 0 Å². The molecule has 0 aliphatic rings. The molecule has 78 heavy (non-hydrogen) atoms. The molecule has 0 heterocycles. The maximum Gasteiger partial charge on any atom is 0.255 e. The van der Waals surface area contributed by atoms with E-state index in [9.17, 15) is 30.0 Å². The van der Waals surface area contributed by atoms with Crippen LogP contribution in [-0.4, -0.2) is 32.2 Å². The number of amides is 2. The van der Waals surface area contributed by atoms with Crippen LogP contribution in [0.1, 0.15) is 54.1 Å². The minimum Gasteiger partial charge on any atom is -0.507 e. The molecule has 0 radical (unpaired) electrons. The molecule has 12 aromatic rings. The van der Waals surface area contributed by atoms with E-state index in [0.29, 0.717) is 44.2 Å². The second-order valence-electron chi connectivity index (χ2n) is 20.3. The van der Waals surface area contributed by atoms with E-state index in [1.165, 1.54) is 0 Å². The van der Waals surface area contributed by atoms with Gasteiger partial charge >= 0.3 is 0 Å². The maximum absolute atomic E-state index is 14.2. The molecule has 0 atom stereocenters. The van der Waals surface area contributed by atoms with Gasteiger partial charge in [-0.1, -0.05) is 194 Å². The Labute approximate surface area is 450 Å². The predicted octanol–water partition coefficient (Wildman–Crippen LogP) is 15.1. The molecule has 0 saturated carbocycles. The number of carbonyl (C=O) groups is 2. The number of hydrogen-bond acceptors (Lipinski definition) is 6. The lowest BCUT2D eigenvalue weighted by Crippen LogP contribution is -2.23. The van der Waals surface area contributed by atoms with Crippen molar-refractivity contribution in [1.29, 1.82) is 0 Å². The summed E-state index contributed by atoms with van der Waals surface area (Å²) < 4.78 is 0. The Kier molecular flexibility index (Phi) is 12.8. The second-order valence-corrected chi connectivity index (χ2v) is 20.3. The van der Waals surface area contributed by atoms with Gasteiger partial charge in [0.2, 0.25) is 0 Å². The topological polar surface area (TPSA) is 139 Å². The lowest BCUT2D eigenvalue weighted by Gasteiger charge is -2.20. The number of fused-ring (bicyclic) bond motifs is 7. The van der Waals surface area contributed by atoms with Crippen LogP contribution < -0.4 is 10.6 Å². The number of benzene rings is 12. The number of carbonyl (C=O) groups excluding carboxylic acids is 2. The molecule has 0 aliphatic carbocycles. The molecule has 2 amide bonds. The normalized spacial score (nSPS) is 11.5. The smallest absolute Gasteiger partial charge is 0.255 e. The Morgan fingerprint density at radius 3 is 0.833 bits per heavy atom. The molecule has 0 spiro atoms. The first kappa shape index (κ1) is 49.0. The molecular formula is C70H54N2O6. The van der Waals surface area contributed by atoms with Crippen molar-refractivity contribution >= 4 is 87.2 Å². The van der Waals surface area contributed by atoms with E-state index < -0.39 is 11.8 Å². The summed E-state index contributed by atoms with van der Waals surface area (Å²) in [6.45, 7) is 9.34. The van der Waals surface area contributed by atoms with Crippen LogP contribution in [-0.2, 0) is 38.8 Å². The zero-order valence-corrected chi connectivity index (χ0v) is 42.7. The van der Waals surface area contributed by atoms with Gasteiger partial charge in [-0.25, -0.2) is 0 Å². The minimum atomic E-state index is -0.420. The standard InChI is InChI=1S/C70H54N2O6/c1-41(31-57-49-23-9-7-21-47(49)37-61(65(57)73)69(77)71-39-63-51-25-11-3-17-43(51)35-44-18-4-12-26-52(44)63)33-59-55-29-15-16-30-56(55)60(68(76)67(59)75)34-42(2)32-58-50-24-10-8-22-48(50)38-62(66(58)74)70(78)72-40-64-53-27-13-5-19-45(53)36-46-20-6-14-28-54(46)64/h3-30,35-38,73-76H,1-2,31-34,39-40H2,(H,71,77)(H,72,78). The molecule has 0 bridgehead atoms. The van der Waals surface area contributed by atoms with Crippen LogP contribution in [0.5, 0.6) is 23.0 Å². The van der Waals surface area contributed by atoms with Crippen LogP contribution in [0.15, 0.2) is 218 Å². The summed E-state index contributed by atoms with van der Waals surface area (Å²) >= 11 is 0. The largest absolute Gasteiger partial charge is 0.507 e. The number of nitrogens with one attached hydrogen (secondary N) is 2. The average Bonchev–Trinajstić information content (AvgIpc) is 3.48. The molecule has 12 rings (SSSR count). The quantitative estimate of drug-likeness (QED) is 0.0364. The van der Waals surface area contributed by atoms with Gasteiger partial charge in [0.05, 0.1) is 11.1 Å². The number of rotatable bonds is 14. The zero-order chi connectivity index (χ0) is 53.6. The Hall–Kier alpha value is -9.92. The summed E-state index contributed by atoms with van der Waals surface area (Å²) in [5.41, 5.74) is 5.47. The Bertz CT molecular complexity index is 4090. The van der Waals surface area contributed by atoms with Crippen molar-refractivity contribution in [3.63, 3.8) is 0 Å². The highest BCUT2D eigenvalue weighted by atomic mass is 16.3. The highest BCUT2D eigenvalue weighted by Gasteiger charge is 2.25. The fourth-order valence-electron chi connectivity index (χ4n) is 11.7. The van der Waals surface area contributed by atoms with Crippen LogP contribution in [0, 0.1) is 0 Å². The van der Waals surface area contributed by atoms with Gasteiger partial charge in [-0.3, -0.25) is 9.59 Å². The summed E-state index contributed by atoms with van der Waals surface area (Å²) in [5.74, 6) is -1.74. The summed E-state index contributed by atoms with van der Waals surface area (Å²) in [4.78, 5) is 28.4. The Morgan fingerprint density at radius 1 is 0.308 bits per heavy atom. The predicted molar refractivity (Wildman–Crippen MR) is 317 cm³/mol. The first-order chi connectivity index (χ1) is 38.0. The molecule has 8 heteroatoms. The number of hydrogen-bond donors (Lipinski definition) is 6. The van der Waals surface area contributed by atoms with Crippen molar-refractivity contribution in [3.05, 3.63) is 263 Å². The first-order valence-electron chi connectivity index (χ1n) is 26.1. The third-order valence-corrected chi connectivity index (χ3v) is 15.4. The molecule has 0 saturated heterocycles. The monoisotopic (exact) mass is 1020 g/mol. The van der Waals surface area contributed by atoms with Gasteiger partial charge < -0.3 is 31.1 Å². The summed E-state index contributed by atoms with van der Waals surface area (Å²) in [6, 6.07) is 62.9. The van der Waals surface area contributed by atoms with Crippen LogP contribution in [0.2, 0.25) is 0 Å². The fourth-order valence-corrected chi connectivity index (χ4v) is 11.7. The lowest BCUT2D eigenvalue weighted by atomic mass is 9.87. The van der Waals surface area contributed by atoms with Crippen LogP contribution in [0.25, 0.3) is 75.4 Å². The molecule has 0 aromatic heterocycles. The highest BCUT2D eigenvalue weighted by molar-refractivity contribution is 6.07. The third-order valence-electron chi connectivity index (χ3n) is 15.4. The van der Waals surface area contributed by atoms with E-state index in [1.807, 2.05) is 121 Å². The SMILES string of the molecule is C=C(Cc1c(O)c(C(=O)NCc2c3ccccc3cc3ccccc23)cc2ccccc12)Cc1c(O)c(O)c(CC(=C)Cc2c(O)c(C(=O)NCc3c4ccccc4cc4ccccc34)cc3ccccc23)c2ccccc12. The van der Waals surface area contributed by atoms with Crippen molar-refractivity contribution in [2.24, 2.45) is 0 Å². The third kappa shape index (κ3) is 8.93. The number of phenols is 4. The Balaban J connectivity index is 0.800. The van der Waals surface area contributed by atoms with Gasteiger partial charge in [0, 0.05) is 35.3 Å². The van der Waals surface area contributed by atoms with Crippen molar-refractivity contribution in [1.82, 2.24) is 10.6 Å². The van der Waals surface area contributed by atoms with E-state index in [-0.39, 0.29) is 72.9 Å². The molecule has 0 fully saturated rings. The molecule has 380 valence electrons. The maximum atomic E-state index is 14.2. The highest BCUT2D eigenvalue weighted by Crippen LogP contribution is 2.44. The Morgan fingerprint density at radius 2 is 0.538 bits per heavy atom. The van der Waals surface area contributed by atoms with E-state index >= 15 is 0 Å². The van der Waals surface area contributed by atoms with Gasteiger partial charge in [0.15, 0.2) is 11.5 Å². The fraction of sp³-hybridized carbons (Fsp3) is 0.0857. The molecule has 8 nitrogen and oxygen atoms in total. The van der Waals surface area contributed by atoms with E-state index in [2.05, 4.69) is 84.5 Å². The van der Waals surface area contributed by atoms with Crippen molar-refractivity contribution < 1.29 is 30.0 Å². The van der Waals surface area contributed by atoms with Crippen molar-refractivity contribution in [2.45, 2.75) is 38.8 Å². The molecule has 6 N–H and O–H groups in total. The van der Waals surface area contributed by atoms with Crippen molar-refractivity contribution in [3.8, 4) is 23.0 Å². The first-order valence-corrected chi connectivity index (χ1v) is 26.1. The van der Waals surface area contributed by atoms with Gasteiger partial charge in [-0.2, -0.15) is 0 Å². The number of allylic oxidation sites excluding steroid dienone is 2.